The SMILES string of the molecule is CCC(CO)NC(=O)c1ccc(C(C=C(N)C(F)(F)F)=Nc2ccccc2Cl)cc1. The molecule has 1 atom stereocenters. The Hall–Kier alpha value is -2.84. The average Bonchev–Trinajstić information content (AvgIpc) is 2.72. The van der Waals surface area contributed by atoms with Gasteiger partial charge in [-0.15, -0.1) is 0 Å². The summed E-state index contributed by atoms with van der Waals surface area (Å²) in [5.74, 6) is -0.405. The van der Waals surface area contributed by atoms with E-state index in [1.165, 1.54) is 24.3 Å². The first-order valence-electron chi connectivity index (χ1n) is 9.05. The van der Waals surface area contributed by atoms with Crippen molar-refractivity contribution in [3.63, 3.8) is 0 Å². The van der Waals surface area contributed by atoms with E-state index in [0.717, 1.165) is 6.08 Å². The minimum atomic E-state index is -4.72. The highest BCUT2D eigenvalue weighted by atomic mass is 35.5. The summed E-state index contributed by atoms with van der Waals surface area (Å²) in [7, 11) is 0. The molecule has 9 heteroatoms. The van der Waals surface area contributed by atoms with Gasteiger partial charge in [0, 0.05) is 11.1 Å². The van der Waals surface area contributed by atoms with E-state index in [-0.39, 0.29) is 34.6 Å². The molecule has 1 unspecified atom stereocenters. The molecular formula is C21H21ClF3N3O2. The number of para-hydroxylation sites is 1. The zero-order valence-electron chi connectivity index (χ0n) is 16.1. The first kappa shape index (κ1) is 23.4. The van der Waals surface area contributed by atoms with Gasteiger partial charge in [0.2, 0.25) is 0 Å². The molecule has 0 aliphatic rings. The fraction of sp³-hybridized carbons (Fsp3) is 0.238. The van der Waals surface area contributed by atoms with Crippen LogP contribution in [0.1, 0.15) is 29.3 Å². The Labute approximate surface area is 177 Å². The number of alkyl halides is 3. The number of carbonyl (C=O) groups excluding carboxylic acids is 1. The molecule has 160 valence electrons. The predicted octanol–water partition coefficient (Wildman–Crippen LogP) is 4.37. The van der Waals surface area contributed by atoms with Crippen LogP contribution in [-0.2, 0) is 0 Å². The zero-order chi connectivity index (χ0) is 22.3. The van der Waals surface area contributed by atoms with E-state index in [2.05, 4.69) is 10.3 Å². The van der Waals surface area contributed by atoms with E-state index < -0.39 is 17.8 Å². The van der Waals surface area contributed by atoms with Gasteiger partial charge in [0.15, 0.2) is 0 Å². The highest BCUT2D eigenvalue weighted by Crippen LogP contribution is 2.27. The number of aliphatic hydroxyl groups excluding tert-OH is 1. The van der Waals surface area contributed by atoms with Crippen LogP contribution >= 0.6 is 11.6 Å². The zero-order valence-corrected chi connectivity index (χ0v) is 16.8. The van der Waals surface area contributed by atoms with Crippen LogP contribution in [0.5, 0.6) is 0 Å². The van der Waals surface area contributed by atoms with Crippen LogP contribution in [0.3, 0.4) is 0 Å². The molecule has 0 spiro atoms. The minimum Gasteiger partial charge on any atom is -0.395 e. The molecule has 2 aromatic carbocycles. The first-order chi connectivity index (χ1) is 14.2. The minimum absolute atomic E-state index is 0.0633. The van der Waals surface area contributed by atoms with Gasteiger partial charge in [-0.1, -0.05) is 42.8 Å². The standard InChI is InChI=1S/C21H21ClF3N3O2/c1-2-15(12-29)27-20(30)14-9-7-13(8-10-14)18(11-19(26)21(23,24)25)28-17-6-4-3-5-16(17)22/h3-11,15,29H,2,12,26H2,1H3,(H,27,30). The Morgan fingerprint density at radius 3 is 2.33 bits per heavy atom. The number of hydrogen-bond donors (Lipinski definition) is 3. The third-order valence-electron chi connectivity index (χ3n) is 4.20. The van der Waals surface area contributed by atoms with Crippen molar-refractivity contribution in [1.29, 1.82) is 0 Å². The molecule has 0 fully saturated rings. The number of aliphatic imine (C=N–C) groups is 1. The molecule has 0 aromatic heterocycles. The summed E-state index contributed by atoms with van der Waals surface area (Å²) < 4.78 is 38.9. The molecule has 1 amide bonds. The Morgan fingerprint density at radius 2 is 1.80 bits per heavy atom. The van der Waals surface area contributed by atoms with E-state index >= 15 is 0 Å². The maximum Gasteiger partial charge on any atom is 0.430 e. The maximum absolute atomic E-state index is 13.0. The molecule has 0 saturated heterocycles. The molecule has 0 bridgehead atoms. The number of amides is 1. The van der Waals surface area contributed by atoms with Crippen molar-refractivity contribution in [1.82, 2.24) is 5.32 Å². The lowest BCUT2D eigenvalue weighted by Crippen LogP contribution is -2.36. The van der Waals surface area contributed by atoms with Crippen LogP contribution in [0.2, 0.25) is 5.02 Å². The van der Waals surface area contributed by atoms with Crippen LogP contribution in [0.15, 0.2) is 65.3 Å². The fourth-order valence-electron chi connectivity index (χ4n) is 2.42. The van der Waals surface area contributed by atoms with Crippen LogP contribution in [-0.4, -0.2) is 35.6 Å². The second-order valence-corrected chi connectivity index (χ2v) is 6.79. The highest BCUT2D eigenvalue weighted by molar-refractivity contribution is 6.33. The van der Waals surface area contributed by atoms with Gasteiger partial charge in [-0.2, -0.15) is 13.2 Å². The molecule has 0 aliphatic heterocycles. The summed E-state index contributed by atoms with van der Waals surface area (Å²) in [5, 5.41) is 12.1. The van der Waals surface area contributed by atoms with Crippen molar-refractivity contribution < 1.29 is 23.1 Å². The Bertz CT molecular complexity index is 937. The number of nitrogens with two attached hydrogens (primary N) is 1. The lowest BCUT2D eigenvalue weighted by Gasteiger charge is -2.14. The number of nitrogens with one attached hydrogen (secondary N) is 1. The summed E-state index contributed by atoms with van der Waals surface area (Å²) in [6, 6.07) is 11.9. The van der Waals surface area contributed by atoms with Gasteiger partial charge in [-0.25, -0.2) is 4.99 Å². The van der Waals surface area contributed by atoms with Gasteiger partial charge < -0.3 is 16.2 Å². The van der Waals surface area contributed by atoms with Crippen molar-refractivity contribution in [2.24, 2.45) is 10.7 Å². The maximum atomic E-state index is 13.0. The monoisotopic (exact) mass is 439 g/mol. The number of hydrogen-bond acceptors (Lipinski definition) is 4. The van der Waals surface area contributed by atoms with E-state index in [9.17, 15) is 23.1 Å². The Kier molecular flexibility index (Phi) is 8.02. The second kappa shape index (κ2) is 10.3. The largest absolute Gasteiger partial charge is 0.430 e. The molecule has 30 heavy (non-hydrogen) atoms. The topological polar surface area (TPSA) is 87.7 Å². The van der Waals surface area contributed by atoms with Crippen molar-refractivity contribution >= 4 is 28.9 Å². The molecule has 0 saturated carbocycles. The summed E-state index contributed by atoms with van der Waals surface area (Å²) in [6.07, 6.45) is -3.45. The van der Waals surface area contributed by atoms with Gasteiger partial charge in [-0.3, -0.25) is 4.79 Å². The van der Waals surface area contributed by atoms with Crippen molar-refractivity contribution in [3.05, 3.63) is 76.5 Å². The quantitative estimate of drug-likeness (QED) is 0.560. The van der Waals surface area contributed by atoms with E-state index in [1.54, 1.807) is 24.3 Å². The van der Waals surface area contributed by atoms with Crippen molar-refractivity contribution in [2.75, 3.05) is 6.61 Å². The summed E-state index contributed by atoms with van der Waals surface area (Å²) in [6.45, 7) is 1.62. The molecule has 0 aliphatic carbocycles. The van der Waals surface area contributed by atoms with Crippen molar-refractivity contribution in [3.8, 4) is 0 Å². The lowest BCUT2D eigenvalue weighted by atomic mass is 10.1. The molecule has 2 aromatic rings. The molecule has 0 heterocycles. The Morgan fingerprint density at radius 1 is 1.20 bits per heavy atom. The molecule has 2 rings (SSSR count). The number of rotatable bonds is 7. The third-order valence-corrected chi connectivity index (χ3v) is 4.52. The van der Waals surface area contributed by atoms with Gasteiger partial charge in [-0.05, 0) is 36.8 Å². The summed E-state index contributed by atoms with van der Waals surface area (Å²) >= 11 is 6.07. The van der Waals surface area contributed by atoms with Gasteiger partial charge in [0.1, 0.15) is 5.70 Å². The molecular weight excluding hydrogens is 419 g/mol. The smallest absolute Gasteiger partial charge is 0.395 e. The molecule has 4 N–H and O–H groups in total. The second-order valence-electron chi connectivity index (χ2n) is 6.38. The third kappa shape index (κ3) is 6.33. The van der Waals surface area contributed by atoms with Gasteiger partial charge in [0.05, 0.1) is 29.1 Å². The van der Waals surface area contributed by atoms with Crippen LogP contribution in [0, 0.1) is 0 Å². The fourth-order valence-corrected chi connectivity index (χ4v) is 2.60. The lowest BCUT2D eigenvalue weighted by molar-refractivity contribution is -0.0925. The highest BCUT2D eigenvalue weighted by Gasteiger charge is 2.31. The first-order valence-corrected chi connectivity index (χ1v) is 9.43. The number of carbonyl (C=O) groups is 1. The van der Waals surface area contributed by atoms with Crippen molar-refractivity contribution in [2.45, 2.75) is 25.6 Å². The normalized spacial score (nSPS) is 13.8. The van der Waals surface area contributed by atoms with Gasteiger partial charge in [0.25, 0.3) is 5.91 Å². The predicted molar refractivity (Wildman–Crippen MR) is 111 cm³/mol. The van der Waals surface area contributed by atoms with Gasteiger partial charge >= 0.3 is 6.18 Å². The Balaban J connectivity index is 2.42. The average molecular weight is 440 g/mol. The molecule has 5 nitrogen and oxygen atoms in total. The number of aliphatic hydroxyl groups is 1. The summed E-state index contributed by atoms with van der Waals surface area (Å²) in [4.78, 5) is 16.5. The van der Waals surface area contributed by atoms with Crippen LogP contribution in [0.25, 0.3) is 0 Å². The van der Waals surface area contributed by atoms with Crippen LogP contribution in [0.4, 0.5) is 18.9 Å². The number of allylic oxidation sites excluding steroid dienone is 2. The van der Waals surface area contributed by atoms with E-state index in [0.29, 0.717) is 12.0 Å². The van der Waals surface area contributed by atoms with E-state index in [4.69, 9.17) is 17.3 Å². The number of benzene rings is 2. The number of halogens is 4. The molecule has 0 radical (unpaired) electrons. The van der Waals surface area contributed by atoms with E-state index in [1.807, 2.05) is 6.92 Å². The number of nitrogens with zero attached hydrogens (tertiary/aromatic N) is 1. The van der Waals surface area contributed by atoms with Crippen LogP contribution < -0.4 is 11.1 Å². The summed E-state index contributed by atoms with van der Waals surface area (Å²) in [5.41, 5.74) is 4.67.